The van der Waals surface area contributed by atoms with Crippen molar-refractivity contribution in [3.8, 4) is 23.8 Å². The Balaban J connectivity index is 2.21. The summed E-state index contributed by atoms with van der Waals surface area (Å²) in [5.74, 6) is 3.98. The SMILES string of the molecule is C#CCOc1c(C=Nn2c(C(C)(C)C)nc3ccc(Br)cc3c2=O)cccc1OC. The molecule has 0 N–H and O–H groups in total. The predicted octanol–water partition coefficient (Wildman–Crippen LogP) is 4.36. The van der Waals surface area contributed by atoms with Crippen LogP contribution in [0.2, 0.25) is 0 Å². The van der Waals surface area contributed by atoms with Crippen molar-refractivity contribution in [2.45, 2.75) is 26.2 Å². The first kappa shape index (κ1) is 21.6. The molecular weight excluding hydrogens is 446 g/mol. The molecule has 0 amide bonds. The van der Waals surface area contributed by atoms with Crippen LogP contribution in [-0.2, 0) is 5.41 Å². The van der Waals surface area contributed by atoms with Crippen LogP contribution in [0.3, 0.4) is 0 Å². The summed E-state index contributed by atoms with van der Waals surface area (Å²) in [6, 6.07) is 10.8. The summed E-state index contributed by atoms with van der Waals surface area (Å²) in [5, 5.41) is 4.96. The molecule has 0 atom stereocenters. The number of hydrogen-bond donors (Lipinski definition) is 0. The third kappa shape index (κ3) is 4.39. The number of terminal acetylenes is 1. The predicted molar refractivity (Wildman–Crippen MR) is 123 cm³/mol. The first-order valence-electron chi connectivity index (χ1n) is 9.26. The average molecular weight is 468 g/mol. The quantitative estimate of drug-likeness (QED) is 0.413. The van der Waals surface area contributed by atoms with Crippen LogP contribution >= 0.6 is 15.9 Å². The molecule has 0 saturated carbocycles. The van der Waals surface area contributed by atoms with Gasteiger partial charge in [-0.25, -0.2) is 4.98 Å². The molecule has 3 aromatic rings. The topological polar surface area (TPSA) is 65.7 Å². The number of hydrogen-bond acceptors (Lipinski definition) is 5. The van der Waals surface area contributed by atoms with E-state index in [1.807, 2.05) is 45.0 Å². The van der Waals surface area contributed by atoms with E-state index in [2.05, 4.69) is 27.0 Å². The zero-order chi connectivity index (χ0) is 21.9. The number of para-hydroxylation sites is 1. The summed E-state index contributed by atoms with van der Waals surface area (Å²) in [5.41, 5.74) is 0.593. The standard InChI is InChI=1S/C23H22BrN3O3/c1-6-12-30-20-15(8-7-9-19(20)29-5)14-25-27-21(28)17-13-16(24)10-11-18(17)26-22(27)23(2,3)4/h1,7-11,13-14H,12H2,2-5H3. The van der Waals surface area contributed by atoms with Gasteiger partial charge in [0.2, 0.25) is 0 Å². The van der Waals surface area contributed by atoms with Gasteiger partial charge in [0, 0.05) is 15.5 Å². The lowest BCUT2D eigenvalue weighted by molar-refractivity contribution is 0.330. The molecular formula is C23H22BrN3O3. The molecule has 2 aromatic carbocycles. The second-order valence-electron chi connectivity index (χ2n) is 7.58. The Labute approximate surface area is 183 Å². The van der Waals surface area contributed by atoms with E-state index in [9.17, 15) is 4.79 Å². The monoisotopic (exact) mass is 467 g/mol. The molecule has 30 heavy (non-hydrogen) atoms. The highest BCUT2D eigenvalue weighted by molar-refractivity contribution is 9.10. The Morgan fingerprint density at radius 1 is 1.30 bits per heavy atom. The lowest BCUT2D eigenvalue weighted by atomic mass is 9.95. The van der Waals surface area contributed by atoms with Crippen molar-refractivity contribution in [1.82, 2.24) is 9.66 Å². The number of ether oxygens (including phenoxy) is 2. The van der Waals surface area contributed by atoms with Crippen LogP contribution < -0.4 is 15.0 Å². The fraction of sp³-hybridized carbons (Fsp3) is 0.261. The molecule has 7 heteroatoms. The van der Waals surface area contributed by atoms with E-state index in [1.165, 1.54) is 4.68 Å². The maximum Gasteiger partial charge on any atom is 0.282 e. The van der Waals surface area contributed by atoms with Gasteiger partial charge in [0.25, 0.3) is 5.56 Å². The van der Waals surface area contributed by atoms with Crippen molar-refractivity contribution in [3.63, 3.8) is 0 Å². The van der Waals surface area contributed by atoms with Gasteiger partial charge in [-0.3, -0.25) is 4.79 Å². The number of rotatable bonds is 5. The minimum absolute atomic E-state index is 0.0833. The second kappa shape index (κ2) is 8.72. The van der Waals surface area contributed by atoms with Crippen molar-refractivity contribution in [2.24, 2.45) is 5.10 Å². The second-order valence-corrected chi connectivity index (χ2v) is 8.50. The molecule has 0 aliphatic rings. The van der Waals surface area contributed by atoms with Gasteiger partial charge in [0.15, 0.2) is 11.5 Å². The third-order valence-electron chi connectivity index (χ3n) is 4.32. The summed E-state index contributed by atoms with van der Waals surface area (Å²) < 4.78 is 13.1. The van der Waals surface area contributed by atoms with Crippen molar-refractivity contribution in [3.05, 3.63) is 62.6 Å². The molecule has 6 nitrogen and oxygen atoms in total. The van der Waals surface area contributed by atoms with E-state index in [4.69, 9.17) is 20.9 Å². The van der Waals surface area contributed by atoms with Crippen LogP contribution in [0.4, 0.5) is 0 Å². The lowest BCUT2D eigenvalue weighted by Crippen LogP contribution is -2.29. The van der Waals surface area contributed by atoms with Gasteiger partial charge in [-0.1, -0.05) is 48.7 Å². The minimum atomic E-state index is -0.408. The minimum Gasteiger partial charge on any atom is -0.493 e. The molecule has 154 valence electrons. The van der Waals surface area contributed by atoms with E-state index in [1.54, 1.807) is 25.5 Å². The van der Waals surface area contributed by atoms with Crippen LogP contribution in [0, 0.1) is 12.3 Å². The van der Waals surface area contributed by atoms with Crippen LogP contribution in [0.5, 0.6) is 11.5 Å². The number of aromatic nitrogens is 2. The first-order chi connectivity index (χ1) is 14.3. The van der Waals surface area contributed by atoms with Crippen LogP contribution in [0.15, 0.2) is 50.8 Å². The molecule has 1 aromatic heterocycles. The Bertz CT molecular complexity index is 1220. The Hall–Kier alpha value is -3.11. The highest BCUT2D eigenvalue weighted by Crippen LogP contribution is 2.30. The molecule has 0 fully saturated rings. The van der Waals surface area contributed by atoms with Crippen molar-refractivity contribution < 1.29 is 9.47 Å². The van der Waals surface area contributed by atoms with E-state index in [0.717, 1.165) is 4.47 Å². The maximum atomic E-state index is 13.3. The van der Waals surface area contributed by atoms with Gasteiger partial charge in [0.1, 0.15) is 12.4 Å². The summed E-state index contributed by atoms with van der Waals surface area (Å²) in [7, 11) is 1.55. The Morgan fingerprint density at radius 2 is 2.07 bits per heavy atom. The van der Waals surface area contributed by atoms with E-state index in [-0.39, 0.29) is 12.2 Å². The smallest absolute Gasteiger partial charge is 0.282 e. The summed E-state index contributed by atoms with van der Waals surface area (Å²) in [4.78, 5) is 18.0. The number of fused-ring (bicyclic) bond motifs is 1. The summed E-state index contributed by atoms with van der Waals surface area (Å²) in [6.07, 6.45) is 6.88. The van der Waals surface area contributed by atoms with Crippen LogP contribution in [0.25, 0.3) is 10.9 Å². The maximum absolute atomic E-state index is 13.3. The first-order valence-corrected chi connectivity index (χ1v) is 10.1. The van der Waals surface area contributed by atoms with Gasteiger partial charge >= 0.3 is 0 Å². The Morgan fingerprint density at radius 3 is 2.73 bits per heavy atom. The van der Waals surface area contributed by atoms with Crippen molar-refractivity contribution in [1.29, 1.82) is 0 Å². The zero-order valence-corrected chi connectivity index (χ0v) is 18.9. The molecule has 0 spiro atoms. The number of benzene rings is 2. The van der Waals surface area contributed by atoms with Crippen molar-refractivity contribution in [2.75, 3.05) is 13.7 Å². The van der Waals surface area contributed by atoms with Gasteiger partial charge < -0.3 is 9.47 Å². The molecule has 1 heterocycles. The fourth-order valence-corrected chi connectivity index (χ4v) is 3.29. The average Bonchev–Trinajstić information content (AvgIpc) is 2.71. The van der Waals surface area contributed by atoms with Gasteiger partial charge in [-0.2, -0.15) is 9.78 Å². The van der Waals surface area contributed by atoms with Crippen LogP contribution in [-0.4, -0.2) is 29.6 Å². The largest absolute Gasteiger partial charge is 0.493 e. The highest BCUT2D eigenvalue weighted by atomic mass is 79.9. The number of halogens is 1. The van der Waals surface area contributed by atoms with Crippen molar-refractivity contribution >= 4 is 33.0 Å². The summed E-state index contributed by atoms with van der Waals surface area (Å²) in [6.45, 7) is 6.04. The van der Waals surface area contributed by atoms with E-state index >= 15 is 0 Å². The van der Waals surface area contributed by atoms with Gasteiger partial charge in [-0.15, -0.1) is 6.42 Å². The van der Waals surface area contributed by atoms with E-state index in [0.29, 0.717) is 33.8 Å². The van der Waals surface area contributed by atoms with Gasteiger partial charge in [-0.05, 0) is 30.3 Å². The van der Waals surface area contributed by atoms with E-state index < -0.39 is 5.41 Å². The highest BCUT2D eigenvalue weighted by Gasteiger charge is 2.23. The van der Waals surface area contributed by atoms with Crippen LogP contribution in [0.1, 0.15) is 32.2 Å². The summed E-state index contributed by atoms with van der Waals surface area (Å²) >= 11 is 3.41. The molecule has 0 bridgehead atoms. The molecule has 0 unspecified atom stereocenters. The lowest BCUT2D eigenvalue weighted by Gasteiger charge is -2.21. The molecule has 0 saturated heterocycles. The molecule has 0 radical (unpaired) electrons. The number of methoxy groups -OCH3 is 1. The normalized spacial score (nSPS) is 11.6. The number of nitrogens with zero attached hydrogens (tertiary/aromatic N) is 3. The third-order valence-corrected chi connectivity index (χ3v) is 4.81. The Kier molecular flexibility index (Phi) is 6.28. The fourth-order valence-electron chi connectivity index (χ4n) is 2.92. The zero-order valence-electron chi connectivity index (χ0n) is 17.3. The van der Waals surface area contributed by atoms with Gasteiger partial charge in [0.05, 0.1) is 24.2 Å². The molecule has 0 aliphatic carbocycles. The molecule has 0 aliphatic heterocycles. The molecule has 3 rings (SSSR count).